The van der Waals surface area contributed by atoms with Gasteiger partial charge in [0.2, 0.25) is 5.78 Å². The number of fused-ring (bicyclic) bond motifs is 1. The van der Waals surface area contributed by atoms with Crippen molar-refractivity contribution in [3.05, 3.63) is 41.4 Å². The standard InChI is InChI=1S/C11H11NO2/c1-2-14-7-9-6-8-4-3-5-12-10(8)11(9)13/h3-5,7H,2,6H2,1H3/b9-7+. The Labute approximate surface area is 82.4 Å². The van der Waals surface area contributed by atoms with E-state index in [0.29, 0.717) is 24.3 Å². The lowest BCUT2D eigenvalue weighted by atomic mass is 10.2. The van der Waals surface area contributed by atoms with Gasteiger partial charge in [0, 0.05) is 18.2 Å². The summed E-state index contributed by atoms with van der Waals surface area (Å²) in [6.45, 7) is 2.47. The van der Waals surface area contributed by atoms with Crippen LogP contribution in [0.2, 0.25) is 0 Å². The average molecular weight is 189 g/mol. The molecule has 0 saturated heterocycles. The third-order valence-corrected chi connectivity index (χ3v) is 2.17. The highest BCUT2D eigenvalue weighted by Gasteiger charge is 2.25. The maximum Gasteiger partial charge on any atom is 0.211 e. The molecule has 1 aliphatic carbocycles. The molecule has 14 heavy (non-hydrogen) atoms. The van der Waals surface area contributed by atoms with Crippen LogP contribution in [0.15, 0.2) is 30.2 Å². The van der Waals surface area contributed by atoms with Crippen LogP contribution in [0.25, 0.3) is 0 Å². The van der Waals surface area contributed by atoms with Crippen LogP contribution in [0.5, 0.6) is 0 Å². The highest BCUT2D eigenvalue weighted by molar-refractivity contribution is 6.11. The first-order valence-corrected chi connectivity index (χ1v) is 4.62. The summed E-state index contributed by atoms with van der Waals surface area (Å²) in [6.07, 6.45) is 3.83. The fraction of sp³-hybridized carbons (Fsp3) is 0.273. The number of carbonyl (C=O) groups excluding carboxylic acids is 1. The van der Waals surface area contributed by atoms with Gasteiger partial charge in [0.15, 0.2) is 0 Å². The lowest BCUT2D eigenvalue weighted by Gasteiger charge is -1.95. The van der Waals surface area contributed by atoms with E-state index in [1.165, 1.54) is 0 Å². The molecule has 2 rings (SSSR count). The van der Waals surface area contributed by atoms with Crippen LogP contribution in [-0.4, -0.2) is 17.4 Å². The van der Waals surface area contributed by atoms with Gasteiger partial charge in [0.05, 0.1) is 12.9 Å². The molecule has 1 heterocycles. The summed E-state index contributed by atoms with van der Waals surface area (Å²) in [5, 5.41) is 0. The second-order valence-corrected chi connectivity index (χ2v) is 3.12. The Morgan fingerprint density at radius 2 is 2.50 bits per heavy atom. The minimum absolute atomic E-state index is 0.00551. The summed E-state index contributed by atoms with van der Waals surface area (Å²) in [5.74, 6) is -0.00551. The molecule has 0 fully saturated rings. The van der Waals surface area contributed by atoms with Crippen molar-refractivity contribution in [1.29, 1.82) is 0 Å². The highest BCUT2D eigenvalue weighted by atomic mass is 16.5. The minimum Gasteiger partial charge on any atom is -0.501 e. The molecule has 0 N–H and O–H groups in total. The van der Waals surface area contributed by atoms with Crippen LogP contribution < -0.4 is 0 Å². The highest BCUT2D eigenvalue weighted by Crippen LogP contribution is 2.23. The fourth-order valence-electron chi connectivity index (χ4n) is 1.50. The topological polar surface area (TPSA) is 39.2 Å². The molecule has 0 bridgehead atoms. The third kappa shape index (κ3) is 1.41. The molecule has 0 atom stereocenters. The first kappa shape index (κ1) is 8.94. The van der Waals surface area contributed by atoms with Crippen molar-refractivity contribution in [2.45, 2.75) is 13.3 Å². The van der Waals surface area contributed by atoms with Crippen LogP contribution in [0.4, 0.5) is 0 Å². The molecule has 1 aromatic heterocycles. The van der Waals surface area contributed by atoms with E-state index in [1.807, 2.05) is 19.1 Å². The third-order valence-electron chi connectivity index (χ3n) is 2.17. The van der Waals surface area contributed by atoms with Gasteiger partial charge in [-0.05, 0) is 18.6 Å². The number of rotatable bonds is 2. The smallest absolute Gasteiger partial charge is 0.211 e. The molecule has 3 nitrogen and oxygen atoms in total. The predicted octanol–water partition coefficient (Wildman–Crippen LogP) is 1.74. The monoisotopic (exact) mass is 189 g/mol. The van der Waals surface area contributed by atoms with Gasteiger partial charge in [0.25, 0.3) is 0 Å². The summed E-state index contributed by atoms with van der Waals surface area (Å²) in [7, 11) is 0. The first-order chi connectivity index (χ1) is 6.83. The van der Waals surface area contributed by atoms with E-state index in [1.54, 1.807) is 12.5 Å². The Morgan fingerprint density at radius 1 is 1.64 bits per heavy atom. The molecule has 0 aromatic carbocycles. The molecular formula is C11H11NO2. The molecule has 72 valence electrons. The van der Waals surface area contributed by atoms with Crippen molar-refractivity contribution >= 4 is 5.78 Å². The Morgan fingerprint density at radius 3 is 3.21 bits per heavy atom. The van der Waals surface area contributed by atoms with Gasteiger partial charge in [0.1, 0.15) is 5.69 Å². The van der Waals surface area contributed by atoms with Gasteiger partial charge in [-0.2, -0.15) is 0 Å². The largest absolute Gasteiger partial charge is 0.501 e. The van der Waals surface area contributed by atoms with E-state index < -0.39 is 0 Å². The van der Waals surface area contributed by atoms with Crippen molar-refractivity contribution in [2.75, 3.05) is 6.61 Å². The molecule has 0 spiro atoms. The normalized spacial score (nSPS) is 17.2. The number of hydrogen-bond donors (Lipinski definition) is 0. The quantitative estimate of drug-likeness (QED) is 0.525. The van der Waals surface area contributed by atoms with E-state index in [2.05, 4.69) is 4.98 Å². The fourth-order valence-corrected chi connectivity index (χ4v) is 1.50. The second kappa shape index (κ2) is 3.62. The minimum atomic E-state index is -0.00551. The van der Waals surface area contributed by atoms with Crippen molar-refractivity contribution in [3.8, 4) is 0 Å². The van der Waals surface area contributed by atoms with Crippen LogP contribution in [0, 0.1) is 0 Å². The van der Waals surface area contributed by atoms with E-state index >= 15 is 0 Å². The Hall–Kier alpha value is -1.64. The summed E-state index contributed by atoms with van der Waals surface area (Å²) < 4.78 is 5.11. The van der Waals surface area contributed by atoms with Gasteiger partial charge in [-0.15, -0.1) is 0 Å². The molecule has 0 aliphatic heterocycles. The number of ketones is 1. The maximum atomic E-state index is 11.7. The summed E-state index contributed by atoms with van der Waals surface area (Å²) in [5.41, 5.74) is 2.25. The number of ether oxygens (including phenoxy) is 1. The maximum absolute atomic E-state index is 11.7. The lowest BCUT2D eigenvalue weighted by molar-refractivity contribution is 0.103. The van der Waals surface area contributed by atoms with Crippen LogP contribution >= 0.6 is 0 Å². The van der Waals surface area contributed by atoms with Crippen molar-refractivity contribution < 1.29 is 9.53 Å². The molecule has 0 radical (unpaired) electrons. The zero-order valence-electron chi connectivity index (χ0n) is 7.99. The molecule has 3 heteroatoms. The van der Waals surface area contributed by atoms with Crippen LogP contribution in [0.3, 0.4) is 0 Å². The second-order valence-electron chi connectivity index (χ2n) is 3.12. The summed E-state index contributed by atoms with van der Waals surface area (Å²) >= 11 is 0. The van der Waals surface area contributed by atoms with Crippen LogP contribution in [-0.2, 0) is 11.2 Å². The molecule has 1 aromatic rings. The Kier molecular flexibility index (Phi) is 2.31. The van der Waals surface area contributed by atoms with Crippen LogP contribution in [0.1, 0.15) is 23.0 Å². The first-order valence-electron chi connectivity index (χ1n) is 4.62. The van der Waals surface area contributed by atoms with E-state index in [0.717, 1.165) is 5.56 Å². The van der Waals surface area contributed by atoms with Crippen molar-refractivity contribution in [3.63, 3.8) is 0 Å². The van der Waals surface area contributed by atoms with Gasteiger partial charge in [-0.3, -0.25) is 9.78 Å². The zero-order chi connectivity index (χ0) is 9.97. The van der Waals surface area contributed by atoms with E-state index in [9.17, 15) is 4.79 Å². The Bertz CT molecular complexity index is 396. The number of Topliss-reactive ketones (excluding diaryl/α,β-unsaturated/α-hetero) is 1. The predicted molar refractivity (Wildman–Crippen MR) is 52.0 cm³/mol. The molecule has 0 amide bonds. The number of aromatic nitrogens is 1. The summed E-state index contributed by atoms with van der Waals surface area (Å²) in [6, 6.07) is 3.77. The number of nitrogens with zero attached hydrogens (tertiary/aromatic N) is 1. The van der Waals surface area contributed by atoms with Gasteiger partial charge >= 0.3 is 0 Å². The zero-order valence-corrected chi connectivity index (χ0v) is 7.99. The average Bonchev–Trinajstić information content (AvgIpc) is 2.54. The van der Waals surface area contributed by atoms with Crippen molar-refractivity contribution in [1.82, 2.24) is 4.98 Å². The van der Waals surface area contributed by atoms with Gasteiger partial charge < -0.3 is 4.74 Å². The molecular weight excluding hydrogens is 178 g/mol. The summed E-state index contributed by atoms with van der Waals surface area (Å²) in [4.78, 5) is 15.7. The molecule has 0 unspecified atom stereocenters. The lowest BCUT2D eigenvalue weighted by Crippen LogP contribution is -1.98. The van der Waals surface area contributed by atoms with Gasteiger partial charge in [-0.1, -0.05) is 6.07 Å². The number of allylic oxidation sites excluding steroid dienone is 1. The number of hydrogen-bond acceptors (Lipinski definition) is 3. The molecule has 0 saturated carbocycles. The number of pyridine rings is 1. The number of carbonyl (C=O) groups is 1. The SMILES string of the molecule is CCO/C=C1\Cc2cccnc2C1=O. The van der Waals surface area contributed by atoms with E-state index in [4.69, 9.17) is 4.74 Å². The van der Waals surface area contributed by atoms with Crippen molar-refractivity contribution in [2.24, 2.45) is 0 Å². The van der Waals surface area contributed by atoms with Gasteiger partial charge in [-0.25, -0.2) is 0 Å². The van der Waals surface area contributed by atoms with E-state index in [-0.39, 0.29) is 5.78 Å². The molecule has 1 aliphatic rings. The Balaban J connectivity index is 2.30.